The van der Waals surface area contributed by atoms with Gasteiger partial charge in [-0.2, -0.15) is 0 Å². The van der Waals surface area contributed by atoms with Gasteiger partial charge in [-0.1, -0.05) is 81.2 Å². The van der Waals surface area contributed by atoms with Crippen LogP contribution < -0.4 is 9.47 Å². The second-order valence-corrected chi connectivity index (χ2v) is 9.94. The third-order valence-corrected chi connectivity index (χ3v) is 7.27. The largest absolute Gasteiger partial charge is 0.489 e. The fourth-order valence-electron chi connectivity index (χ4n) is 3.22. The van der Waals surface area contributed by atoms with E-state index in [2.05, 4.69) is 86.6 Å². The molecule has 4 rings (SSSR count). The molecule has 0 amide bonds. The van der Waals surface area contributed by atoms with Gasteiger partial charge in [0.2, 0.25) is 0 Å². The summed E-state index contributed by atoms with van der Waals surface area (Å²) in [5.74, 6) is 1.77. The lowest BCUT2D eigenvalue weighted by Gasteiger charge is -2.09. The minimum Gasteiger partial charge on any atom is -0.489 e. The Morgan fingerprint density at radius 2 is 0.938 bits per heavy atom. The van der Waals surface area contributed by atoms with Gasteiger partial charge in [-0.25, -0.2) is 0 Å². The van der Waals surface area contributed by atoms with Crippen LogP contribution in [0.3, 0.4) is 0 Å². The van der Waals surface area contributed by atoms with Gasteiger partial charge in [-0.3, -0.25) is 0 Å². The van der Waals surface area contributed by atoms with Crippen molar-refractivity contribution in [1.29, 1.82) is 0 Å². The van der Waals surface area contributed by atoms with Crippen molar-refractivity contribution in [3.8, 4) is 11.5 Å². The van der Waals surface area contributed by atoms with E-state index in [-0.39, 0.29) is 0 Å². The van der Waals surface area contributed by atoms with Crippen LogP contribution in [0.25, 0.3) is 0 Å². The van der Waals surface area contributed by atoms with Gasteiger partial charge in [0.05, 0.1) is 0 Å². The Kier molecular flexibility index (Phi) is 7.81. The van der Waals surface area contributed by atoms with Crippen molar-refractivity contribution in [3.05, 3.63) is 119 Å². The van der Waals surface area contributed by atoms with Gasteiger partial charge in [0.1, 0.15) is 24.7 Å². The highest BCUT2D eigenvalue weighted by Gasteiger charge is 2.02. The second-order valence-electron chi connectivity index (χ2n) is 7.66. The molecule has 0 atom stereocenters. The van der Waals surface area contributed by atoms with E-state index >= 15 is 0 Å². The molecule has 0 bridgehead atoms. The minimum absolute atomic E-state index is 0.585. The van der Waals surface area contributed by atoms with Crippen molar-refractivity contribution >= 4 is 21.6 Å². The number of ether oxygens (including phenoxy) is 2. The highest BCUT2D eigenvalue weighted by molar-refractivity contribution is 8.76. The normalized spacial score (nSPS) is 10.7. The van der Waals surface area contributed by atoms with E-state index in [4.69, 9.17) is 9.47 Å². The zero-order valence-corrected chi connectivity index (χ0v) is 19.9. The van der Waals surface area contributed by atoms with Crippen LogP contribution in [0.5, 0.6) is 11.5 Å². The van der Waals surface area contributed by atoms with Gasteiger partial charge in [-0.15, -0.1) is 0 Å². The first kappa shape index (κ1) is 22.4. The van der Waals surface area contributed by atoms with Crippen molar-refractivity contribution in [3.63, 3.8) is 0 Å². The van der Waals surface area contributed by atoms with E-state index in [0.717, 1.165) is 11.5 Å². The molecule has 0 saturated carbocycles. The lowest BCUT2D eigenvalue weighted by Crippen LogP contribution is -1.95. The van der Waals surface area contributed by atoms with Crippen molar-refractivity contribution in [2.45, 2.75) is 36.9 Å². The van der Waals surface area contributed by atoms with E-state index in [1.165, 1.54) is 32.0 Å². The molecule has 4 aromatic rings. The Morgan fingerprint density at radius 1 is 0.531 bits per heavy atom. The highest BCUT2D eigenvalue weighted by atomic mass is 33.1. The molecule has 0 heterocycles. The van der Waals surface area contributed by atoms with Crippen LogP contribution in [-0.2, 0) is 13.2 Å². The molecule has 0 aromatic heterocycles. The maximum atomic E-state index is 5.91. The average molecular weight is 459 g/mol. The Morgan fingerprint density at radius 3 is 1.31 bits per heavy atom. The van der Waals surface area contributed by atoms with E-state index in [1.807, 2.05) is 24.3 Å². The molecule has 0 fully saturated rings. The fourth-order valence-corrected chi connectivity index (χ4v) is 5.15. The van der Waals surface area contributed by atoms with Gasteiger partial charge in [0, 0.05) is 9.79 Å². The molecule has 0 radical (unpaired) electrons. The van der Waals surface area contributed by atoms with Crippen molar-refractivity contribution in [2.75, 3.05) is 0 Å². The van der Waals surface area contributed by atoms with E-state index in [0.29, 0.717) is 13.2 Å². The first-order valence-corrected chi connectivity index (χ1v) is 12.7. The summed E-state index contributed by atoms with van der Waals surface area (Å²) in [6, 6.07) is 33.3. The molecule has 0 aliphatic heterocycles. The molecule has 0 spiro atoms. The summed E-state index contributed by atoms with van der Waals surface area (Å²) in [6.45, 7) is 5.36. The summed E-state index contributed by atoms with van der Waals surface area (Å²) in [5, 5.41) is 0. The zero-order chi connectivity index (χ0) is 22.2. The van der Waals surface area contributed by atoms with Crippen molar-refractivity contribution in [1.82, 2.24) is 0 Å². The average Bonchev–Trinajstić information content (AvgIpc) is 2.81. The van der Waals surface area contributed by atoms with Gasteiger partial charge >= 0.3 is 0 Å². The number of benzene rings is 4. The maximum absolute atomic E-state index is 5.91. The van der Waals surface area contributed by atoms with Crippen molar-refractivity contribution in [2.24, 2.45) is 0 Å². The zero-order valence-electron chi connectivity index (χ0n) is 18.3. The summed E-state index contributed by atoms with van der Waals surface area (Å²) in [6.07, 6.45) is 0. The number of aryl methyl sites for hydroxylation is 2. The fraction of sp³-hybridized carbons (Fsp3) is 0.143. The molecule has 0 unspecified atom stereocenters. The summed E-state index contributed by atoms with van der Waals surface area (Å²) >= 11 is 0. The first-order chi connectivity index (χ1) is 15.6. The topological polar surface area (TPSA) is 18.5 Å². The van der Waals surface area contributed by atoms with Gasteiger partial charge in [0.25, 0.3) is 0 Å². The molecule has 4 aromatic carbocycles. The Balaban J connectivity index is 1.23. The predicted octanol–water partition coefficient (Wildman–Crippen LogP) is 8.26. The molecule has 32 heavy (non-hydrogen) atoms. The monoisotopic (exact) mass is 458 g/mol. The Hall–Kier alpha value is -2.82. The molecule has 162 valence electrons. The Bertz CT molecular complexity index is 1050. The standard InChI is InChI=1S/C28H26O2S2/c1-21-5-3-7-23(17-21)19-29-25-9-13-27(14-10-25)31-32-28-15-11-26(12-16-28)30-20-24-8-4-6-22(2)18-24/h3-18H,19-20H2,1-2H3. The molecule has 2 nitrogen and oxygen atoms in total. The molecule has 0 aliphatic carbocycles. The molecule has 0 N–H and O–H groups in total. The van der Waals surface area contributed by atoms with Crippen LogP contribution in [0.4, 0.5) is 0 Å². The molecule has 0 saturated heterocycles. The molecular weight excluding hydrogens is 432 g/mol. The number of hydrogen-bond acceptors (Lipinski definition) is 4. The van der Waals surface area contributed by atoms with Crippen LogP contribution in [-0.4, -0.2) is 0 Å². The quantitative estimate of drug-likeness (QED) is 0.235. The summed E-state index contributed by atoms with van der Waals surface area (Å²) in [5.41, 5.74) is 4.87. The number of hydrogen-bond donors (Lipinski definition) is 0. The van der Waals surface area contributed by atoms with Crippen LogP contribution in [0.15, 0.2) is 107 Å². The van der Waals surface area contributed by atoms with Crippen LogP contribution >= 0.6 is 21.6 Å². The first-order valence-electron chi connectivity index (χ1n) is 10.6. The summed E-state index contributed by atoms with van der Waals surface area (Å²) < 4.78 is 11.8. The van der Waals surface area contributed by atoms with Gasteiger partial charge in [-0.05, 0) is 73.5 Å². The predicted molar refractivity (Wildman–Crippen MR) is 136 cm³/mol. The summed E-state index contributed by atoms with van der Waals surface area (Å²) in [4.78, 5) is 2.38. The lowest BCUT2D eigenvalue weighted by molar-refractivity contribution is 0.306. The van der Waals surface area contributed by atoms with E-state index in [9.17, 15) is 0 Å². The third-order valence-electron chi connectivity index (χ3n) is 4.86. The lowest BCUT2D eigenvalue weighted by atomic mass is 10.1. The summed E-state index contributed by atoms with van der Waals surface area (Å²) in [7, 11) is 3.47. The van der Waals surface area contributed by atoms with Crippen LogP contribution in [0, 0.1) is 13.8 Å². The smallest absolute Gasteiger partial charge is 0.119 e. The maximum Gasteiger partial charge on any atom is 0.119 e. The number of rotatable bonds is 9. The SMILES string of the molecule is Cc1cccc(COc2ccc(SSc3ccc(OCc4cccc(C)c4)cc3)cc2)c1. The van der Waals surface area contributed by atoms with E-state index in [1.54, 1.807) is 21.6 Å². The van der Waals surface area contributed by atoms with Gasteiger partial charge < -0.3 is 9.47 Å². The molecule has 4 heteroatoms. The van der Waals surface area contributed by atoms with Gasteiger partial charge in [0.15, 0.2) is 0 Å². The Labute approximate surface area is 198 Å². The van der Waals surface area contributed by atoms with E-state index < -0.39 is 0 Å². The van der Waals surface area contributed by atoms with Crippen LogP contribution in [0.1, 0.15) is 22.3 Å². The molecule has 0 aliphatic rings. The minimum atomic E-state index is 0.585. The van der Waals surface area contributed by atoms with Crippen molar-refractivity contribution < 1.29 is 9.47 Å². The molecular formula is C28H26O2S2. The highest BCUT2D eigenvalue weighted by Crippen LogP contribution is 2.38. The van der Waals surface area contributed by atoms with Crippen LogP contribution in [0.2, 0.25) is 0 Å². The third kappa shape index (κ3) is 6.84. The second kappa shape index (κ2) is 11.2.